The van der Waals surface area contributed by atoms with Gasteiger partial charge in [0.2, 0.25) is 0 Å². The summed E-state index contributed by atoms with van der Waals surface area (Å²) in [6.07, 6.45) is 0. The van der Waals surface area contributed by atoms with E-state index in [-0.39, 0.29) is 16.2 Å². The van der Waals surface area contributed by atoms with Crippen molar-refractivity contribution >= 4 is 39.0 Å². The molecule has 61 heavy (non-hydrogen) atoms. The van der Waals surface area contributed by atoms with Crippen LogP contribution >= 0.6 is 0 Å². The molecule has 0 spiro atoms. The van der Waals surface area contributed by atoms with E-state index in [1.54, 1.807) is 0 Å². The maximum atomic E-state index is 7.12. The molecule has 0 saturated heterocycles. The van der Waals surface area contributed by atoms with Gasteiger partial charge in [-0.1, -0.05) is 167 Å². The summed E-state index contributed by atoms with van der Waals surface area (Å²) in [5.41, 5.74) is 23.5. The molecular weight excluding hydrogens is 739 g/mol. The van der Waals surface area contributed by atoms with Crippen LogP contribution in [-0.4, -0.2) is 0 Å². The van der Waals surface area contributed by atoms with Crippen molar-refractivity contribution in [2.24, 2.45) is 0 Å². The predicted molar refractivity (Wildman–Crippen MR) is 261 cm³/mol. The van der Waals surface area contributed by atoms with E-state index < -0.39 is 0 Å². The Labute approximate surface area is 363 Å². The monoisotopic (exact) mass is 797 g/mol. The molecule has 0 radical (unpaired) electrons. The van der Waals surface area contributed by atoms with Gasteiger partial charge in [0.05, 0.1) is 5.69 Å². The molecule has 7 aromatic carbocycles. The topological polar surface area (TPSA) is 16.4 Å². The molecule has 0 amide bonds. The van der Waals surface area contributed by atoms with Crippen molar-refractivity contribution in [1.82, 2.24) is 0 Å². The molecule has 0 atom stereocenters. The van der Waals surface area contributed by atoms with Crippen LogP contribution < -0.4 is 4.90 Å². The molecule has 2 aliphatic carbocycles. The highest BCUT2D eigenvalue weighted by Crippen LogP contribution is 2.56. The molecule has 1 heterocycles. The number of nitrogens with zero attached hydrogens (tertiary/aromatic N) is 1. The summed E-state index contributed by atoms with van der Waals surface area (Å²) in [5, 5.41) is 2.37. The van der Waals surface area contributed by atoms with Gasteiger partial charge >= 0.3 is 0 Å². The Kier molecular flexibility index (Phi) is 8.74. The molecule has 0 saturated carbocycles. The zero-order valence-corrected chi connectivity index (χ0v) is 38.1. The molecule has 2 nitrogen and oxygen atoms in total. The number of rotatable bonds is 6. The molecule has 1 aromatic heterocycles. The smallest absolute Gasteiger partial charge is 0.143 e. The highest BCUT2D eigenvalue weighted by Gasteiger charge is 2.40. The first-order chi connectivity index (χ1) is 29.0. The van der Waals surface area contributed by atoms with Crippen LogP contribution in [0.1, 0.15) is 133 Å². The Morgan fingerprint density at radius 1 is 0.508 bits per heavy atom. The minimum atomic E-state index is -0.173. The van der Waals surface area contributed by atoms with Gasteiger partial charge in [0.15, 0.2) is 0 Å². The first kappa shape index (κ1) is 39.3. The molecule has 0 fully saturated rings. The van der Waals surface area contributed by atoms with Gasteiger partial charge in [0.25, 0.3) is 0 Å². The van der Waals surface area contributed by atoms with Crippen molar-refractivity contribution in [2.45, 2.75) is 111 Å². The summed E-state index contributed by atoms with van der Waals surface area (Å²) in [7, 11) is 0. The summed E-state index contributed by atoms with van der Waals surface area (Å²) in [6, 6.07) is 48.7. The van der Waals surface area contributed by atoms with Gasteiger partial charge in [-0.25, -0.2) is 0 Å². The van der Waals surface area contributed by atoms with Crippen molar-refractivity contribution in [3.05, 3.63) is 172 Å². The molecule has 8 aromatic rings. The SMILES string of the molecule is Cc1ccc(N(c2ccc3c(c2)C(C)(C)c2ccccc2-3)c2ccc3c(c2)C(C)(C)c2cccc(C(C)(C)C)c2-3)c(-c2cccc3c2oc2c(C(C)C)cc(C(C)C)cc23)c1. The number of benzene rings is 7. The maximum Gasteiger partial charge on any atom is 0.143 e. The standard InChI is InChI=1S/C59H59NO/c1-34(2)37-30-45(35(3)4)56-47(31-37)43-19-15-18-42(55(43)61-56)46-29-36(5)23-28-53(46)60(38-24-26-41-40-17-13-14-20-48(40)58(9,10)51(41)32-38)39-25-27-44-52(33-39)59(11,12)50-22-16-21-49(54(44)50)57(6,7)8/h13-35H,1-12H3. The van der Waals surface area contributed by atoms with E-state index in [1.807, 2.05) is 0 Å². The van der Waals surface area contributed by atoms with E-state index in [1.165, 1.54) is 77.5 Å². The summed E-state index contributed by atoms with van der Waals surface area (Å²) in [5.74, 6) is 0.752. The minimum absolute atomic E-state index is 0.0172. The molecule has 0 bridgehead atoms. The lowest BCUT2D eigenvalue weighted by molar-refractivity contribution is 0.589. The predicted octanol–water partition coefficient (Wildman–Crippen LogP) is 17.2. The van der Waals surface area contributed by atoms with E-state index in [2.05, 4.69) is 215 Å². The summed E-state index contributed by atoms with van der Waals surface area (Å²) in [6.45, 7) is 27.9. The highest BCUT2D eigenvalue weighted by atomic mass is 16.3. The molecule has 0 unspecified atom stereocenters. The third-order valence-electron chi connectivity index (χ3n) is 14.2. The number of fused-ring (bicyclic) bond motifs is 9. The van der Waals surface area contributed by atoms with Gasteiger partial charge in [0, 0.05) is 44.1 Å². The van der Waals surface area contributed by atoms with Crippen LogP contribution in [0.4, 0.5) is 17.1 Å². The van der Waals surface area contributed by atoms with Crippen molar-refractivity contribution in [1.29, 1.82) is 0 Å². The lowest BCUT2D eigenvalue weighted by Gasteiger charge is -2.31. The van der Waals surface area contributed by atoms with Crippen LogP contribution in [0.5, 0.6) is 0 Å². The van der Waals surface area contributed by atoms with Crippen LogP contribution in [0.2, 0.25) is 0 Å². The van der Waals surface area contributed by atoms with Crippen LogP contribution in [0.15, 0.2) is 132 Å². The Hall–Kier alpha value is -5.86. The summed E-state index contributed by atoms with van der Waals surface area (Å²) in [4.78, 5) is 2.52. The zero-order valence-electron chi connectivity index (χ0n) is 38.1. The van der Waals surface area contributed by atoms with Gasteiger partial charge in [-0.2, -0.15) is 0 Å². The molecule has 0 aliphatic heterocycles. The Morgan fingerprint density at radius 3 is 1.84 bits per heavy atom. The molecule has 2 aliphatic rings. The zero-order chi connectivity index (χ0) is 42.9. The van der Waals surface area contributed by atoms with E-state index in [0.29, 0.717) is 11.8 Å². The Bertz CT molecular complexity index is 3090. The minimum Gasteiger partial charge on any atom is -0.455 e. The third-order valence-corrected chi connectivity index (χ3v) is 14.2. The Morgan fingerprint density at radius 2 is 1.13 bits per heavy atom. The second-order valence-corrected chi connectivity index (χ2v) is 20.7. The number of aryl methyl sites for hydroxylation is 1. The van der Waals surface area contributed by atoms with Crippen molar-refractivity contribution in [2.75, 3.05) is 4.90 Å². The van der Waals surface area contributed by atoms with Crippen molar-refractivity contribution in [3.63, 3.8) is 0 Å². The third kappa shape index (κ3) is 5.89. The van der Waals surface area contributed by atoms with Gasteiger partial charge in [-0.15, -0.1) is 0 Å². The average Bonchev–Trinajstić information content (AvgIpc) is 3.80. The highest BCUT2D eigenvalue weighted by molar-refractivity contribution is 6.12. The summed E-state index contributed by atoms with van der Waals surface area (Å²) >= 11 is 0. The first-order valence-corrected chi connectivity index (χ1v) is 22.4. The number of hydrogen-bond acceptors (Lipinski definition) is 2. The van der Waals surface area contributed by atoms with Crippen LogP contribution in [0, 0.1) is 6.92 Å². The van der Waals surface area contributed by atoms with Crippen LogP contribution in [0.25, 0.3) is 55.3 Å². The molecule has 306 valence electrons. The number of para-hydroxylation sites is 1. The largest absolute Gasteiger partial charge is 0.455 e. The fraction of sp³-hybridized carbons (Fsp3) is 0.288. The molecule has 10 rings (SSSR count). The fourth-order valence-corrected chi connectivity index (χ4v) is 10.8. The van der Waals surface area contributed by atoms with Crippen molar-refractivity contribution in [3.8, 4) is 33.4 Å². The lowest BCUT2D eigenvalue weighted by atomic mass is 9.79. The quantitative estimate of drug-likeness (QED) is 0.167. The normalized spacial score (nSPS) is 14.8. The van der Waals surface area contributed by atoms with Crippen molar-refractivity contribution < 1.29 is 4.42 Å². The average molecular weight is 798 g/mol. The number of anilines is 3. The Balaban J connectivity index is 1.24. The molecule has 0 N–H and O–H groups in total. The summed E-state index contributed by atoms with van der Waals surface area (Å²) < 4.78 is 7.12. The molecular formula is C59H59NO. The first-order valence-electron chi connectivity index (χ1n) is 22.4. The second kappa shape index (κ2) is 13.6. The second-order valence-electron chi connectivity index (χ2n) is 20.7. The number of hydrogen-bond donors (Lipinski definition) is 0. The van der Waals surface area contributed by atoms with Gasteiger partial charge in [0.1, 0.15) is 11.2 Å². The maximum absolute atomic E-state index is 7.12. The van der Waals surface area contributed by atoms with E-state index in [9.17, 15) is 0 Å². The van der Waals surface area contributed by atoms with Gasteiger partial charge in [-0.3, -0.25) is 0 Å². The van der Waals surface area contributed by atoms with Crippen LogP contribution in [0.3, 0.4) is 0 Å². The molecule has 2 heteroatoms. The van der Waals surface area contributed by atoms with E-state index in [4.69, 9.17) is 4.42 Å². The van der Waals surface area contributed by atoms with E-state index in [0.717, 1.165) is 39.4 Å². The van der Waals surface area contributed by atoms with Gasteiger partial charge < -0.3 is 9.32 Å². The lowest BCUT2D eigenvalue weighted by Crippen LogP contribution is -2.18. The van der Waals surface area contributed by atoms with Gasteiger partial charge in [-0.05, 0) is 128 Å². The van der Waals surface area contributed by atoms with E-state index >= 15 is 0 Å². The number of furan rings is 1. The van der Waals surface area contributed by atoms with Crippen LogP contribution in [-0.2, 0) is 16.2 Å². The fourth-order valence-electron chi connectivity index (χ4n) is 10.8.